The zero-order chi connectivity index (χ0) is 12.0. The van der Waals surface area contributed by atoms with Crippen molar-refractivity contribution in [3.05, 3.63) is 0 Å². The molecule has 0 bridgehead atoms. The lowest BCUT2D eigenvalue weighted by Crippen LogP contribution is -2.59. The summed E-state index contributed by atoms with van der Waals surface area (Å²) in [7, 11) is 0. The highest BCUT2D eigenvalue weighted by Crippen LogP contribution is 2.19. The van der Waals surface area contributed by atoms with Crippen LogP contribution in [0.1, 0.15) is 27.2 Å². The fraction of sp³-hybridized carbons (Fsp3) is 1.00. The van der Waals surface area contributed by atoms with Gasteiger partial charge in [0.1, 0.15) is 0 Å². The minimum Gasteiger partial charge on any atom is -0.380 e. The Morgan fingerprint density at radius 3 is 2.81 bits per heavy atom. The Balaban J connectivity index is 2.56. The van der Waals surface area contributed by atoms with E-state index < -0.39 is 0 Å². The van der Waals surface area contributed by atoms with Crippen molar-refractivity contribution < 1.29 is 9.47 Å². The number of ether oxygens (including phenoxy) is 2. The van der Waals surface area contributed by atoms with Crippen molar-refractivity contribution in [2.24, 2.45) is 5.73 Å². The lowest BCUT2D eigenvalue weighted by Gasteiger charge is -2.44. The molecule has 2 N–H and O–H groups in total. The third kappa shape index (κ3) is 3.42. The summed E-state index contributed by atoms with van der Waals surface area (Å²) in [5, 5.41) is 0. The summed E-state index contributed by atoms with van der Waals surface area (Å²) >= 11 is 0. The molecule has 0 aromatic heterocycles. The van der Waals surface area contributed by atoms with Gasteiger partial charge in [0.2, 0.25) is 0 Å². The van der Waals surface area contributed by atoms with Gasteiger partial charge in [0, 0.05) is 26.2 Å². The molecule has 1 fully saturated rings. The fourth-order valence-corrected chi connectivity index (χ4v) is 2.06. The summed E-state index contributed by atoms with van der Waals surface area (Å²) in [6.07, 6.45) is 1.41. The lowest BCUT2D eigenvalue weighted by molar-refractivity contribution is -0.0839. The number of nitrogens with zero attached hydrogens (tertiary/aromatic N) is 1. The van der Waals surface area contributed by atoms with Crippen molar-refractivity contribution >= 4 is 0 Å². The maximum Gasteiger partial charge on any atom is 0.0700 e. The van der Waals surface area contributed by atoms with E-state index in [1.807, 2.05) is 6.92 Å². The molecule has 1 aliphatic heterocycles. The summed E-state index contributed by atoms with van der Waals surface area (Å²) in [6, 6.07) is 0. The van der Waals surface area contributed by atoms with Gasteiger partial charge in [-0.1, -0.05) is 6.92 Å². The average Bonchev–Trinajstić information content (AvgIpc) is 2.36. The molecule has 0 spiro atoms. The molecule has 2 atom stereocenters. The highest BCUT2D eigenvalue weighted by Gasteiger charge is 2.34. The first-order chi connectivity index (χ1) is 7.66. The number of hydrogen-bond donors (Lipinski definition) is 1. The normalized spacial score (nSPS) is 26.6. The van der Waals surface area contributed by atoms with E-state index in [9.17, 15) is 0 Å². The number of rotatable bonds is 6. The minimum atomic E-state index is -0.0484. The number of morpholine rings is 1. The summed E-state index contributed by atoms with van der Waals surface area (Å²) in [5.74, 6) is 0. The van der Waals surface area contributed by atoms with Gasteiger partial charge in [-0.15, -0.1) is 0 Å². The fourth-order valence-electron chi connectivity index (χ4n) is 2.06. The monoisotopic (exact) mass is 230 g/mol. The molecule has 1 saturated heterocycles. The molecule has 1 rings (SSSR count). The van der Waals surface area contributed by atoms with Crippen LogP contribution in [0.4, 0.5) is 0 Å². The topological polar surface area (TPSA) is 47.7 Å². The largest absolute Gasteiger partial charge is 0.380 e. The maximum absolute atomic E-state index is 5.90. The zero-order valence-electron chi connectivity index (χ0n) is 10.9. The Kier molecular flexibility index (Phi) is 5.69. The predicted octanol–water partition coefficient (Wildman–Crippen LogP) is 0.851. The van der Waals surface area contributed by atoms with Crippen LogP contribution in [0.2, 0.25) is 0 Å². The molecule has 0 aromatic carbocycles. The standard InChI is InChI=1S/C12H26N2O2/c1-4-11-8-14(6-7-16-11)12(3,9-13)10-15-5-2/h11H,4-10,13H2,1-3H3. The van der Waals surface area contributed by atoms with Crippen molar-refractivity contribution in [1.29, 1.82) is 0 Å². The SMILES string of the molecule is CCOCC(C)(CN)N1CCOC(CC)C1. The maximum atomic E-state index is 5.90. The molecule has 4 nitrogen and oxygen atoms in total. The molecule has 0 radical (unpaired) electrons. The van der Waals surface area contributed by atoms with Crippen LogP contribution in [0.5, 0.6) is 0 Å². The Labute approximate surface area is 99.1 Å². The predicted molar refractivity (Wildman–Crippen MR) is 65.6 cm³/mol. The van der Waals surface area contributed by atoms with Crippen LogP contribution >= 0.6 is 0 Å². The van der Waals surface area contributed by atoms with Gasteiger partial charge in [0.05, 0.1) is 24.9 Å². The lowest BCUT2D eigenvalue weighted by atomic mass is 9.99. The molecule has 0 saturated carbocycles. The quantitative estimate of drug-likeness (QED) is 0.735. The Morgan fingerprint density at radius 1 is 1.50 bits per heavy atom. The van der Waals surface area contributed by atoms with E-state index in [0.717, 1.165) is 32.7 Å². The molecule has 1 aliphatic rings. The van der Waals surface area contributed by atoms with E-state index in [1.165, 1.54) is 0 Å². The van der Waals surface area contributed by atoms with Gasteiger partial charge in [-0.25, -0.2) is 0 Å². The first-order valence-corrected chi connectivity index (χ1v) is 6.30. The summed E-state index contributed by atoms with van der Waals surface area (Å²) in [5.41, 5.74) is 5.85. The van der Waals surface area contributed by atoms with Crippen LogP contribution < -0.4 is 5.73 Å². The Morgan fingerprint density at radius 2 is 2.25 bits per heavy atom. The van der Waals surface area contributed by atoms with Gasteiger partial charge in [0.25, 0.3) is 0 Å². The number of nitrogens with two attached hydrogens (primary N) is 1. The van der Waals surface area contributed by atoms with Gasteiger partial charge in [-0.3, -0.25) is 4.90 Å². The highest BCUT2D eigenvalue weighted by molar-refractivity contribution is 4.90. The molecule has 96 valence electrons. The summed E-state index contributed by atoms with van der Waals surface area (Å²) in [4.78, 5) is 2.42. The third-order valence-corrected chi connectivity index (χ3v) is 3.41. The molecule has 16 heavy (non-hydrogen) atoms. The first kappa shape index (κ1) is 13.9. The van der Waals surface area contributed by atoms with Crippen molar-refractivity contribution in [3.63, 3.8) is 0 Å². The minimum absolute atomic E-state index is 0.0484. The van der Waals surface area contributed by atoms with E-state index in [1.54, 1.807) is 0 Å². The first-order valence-electron chi connectivity index (χ1n) is 6.30. The zero-order valence-corrected chi connectivity index (χ0v) is 10.9. The molecule has 4 heteroatoms. The van der Waals surface area contributed by atoms with Crippen LogP contribution in [0.15, 0.2) is 0 Å². The van der Waals surface area contributed by atoms with Crippen molar-refractivity contribution in [3.8, 4) is 0 Å². The van der Waals surface area contributed by atoms with E-state index >= 15 is 0 Å². The second-order valence-corrected chi connectivity index (χ2v) is 4.69. The smallest absolute Gasteiger partial charge is 0.0700 e. The van der Waals surface area contributed by atoms with Gasteiger partial charge in [-0.2, -0.15) is 0 Å². The van der Waals surface area contributed by atoms with Gasteiger partial charge in [-0.05, 0) is 20.3 Å². The second kappa shape index (κ2) is 6.55. The van der Waals surface area contributed by atoms with Crippen molar-refractivity contribution in [2.75, 3.05) is 39.5 Å². The highest BCUT2D eigenvalue weighted by atomic mass is 16.5. The van der Waals surface area contributed by atoms with Gasteiger partial charge in [0.15, 0.2) is 0 Å². The Hall–Kier alpha value is -0.160. The molecular weight excluding hydrogens is 204 g/mol. The van der Waals surface area contributed by atoms with E-state index in [4.69, 9.17) is 15.2 Å². The van der Waals surface area contributed by atoms with Crippen molar-refractivity contribution in [1.82, 2.24) is 4.90 Å². The molecule has 0 amide bonds. The molecule has 0 aliphatic carbocycles. The second-order valence-electron chi connectivity index (χ2n) is 4.69. The van der Waals surface area contributed by atoms with Crippen LogP contribution in [0.3, 0.4) is 0 Å². The van der Waals surface area contributed by atoms with Gasteiger partial charge < -0.3 is 15.2 Å². The average molecular weight is 230 g/mol. The van der Waals surface area contributed by atoms with E-state index in [0.29, 0.717) is 19.3 Å². The van der Waals surface area contributed by atoms with Gasteiger partial charge >= 0.3 is 0 Å². The van der Waals surface area contributed by atoms with Crippen LogP contribution in [0.25, 0.3) is 0 Å². The number of hydrogen-bond acceptors (Lipinski definition) is 4. The van der Waals surface area contributed by atoms with Crippen LogP contribution in [-0.4, -0.2) is 56.0 Å². The molecule has 0 aromatic rings. The van der Waals surface area contributed by atoms with Crippen LogP contribution in [0, 0.1) is 0 Å². The molecule has 1 heterocycles. The van der Waals surface area contributed by atoms with Crippen LogP contribution in [-0.2, 0) is 9.47 Å². The van der Waals surface area contributed by atoms with E-state index in [2.05, 4.69) is 18.7 Å². The summed E-state index contributed by atoms with van der Waals surface area (Å²) in [6.45, 7) is 11.2. The third-order valence-electron chi connectivity index (χ3n) is 3.41. The molecule has 2 unspecified atom stereocenters. The van der Waals surface area contributed by atoms with Crippen molar-refractivity contribution in [2.45, 2.75) is 38.8 Å². The van der Waals surface area contributed by atoms with E-state index in [-0.39, 0.29) is 5.54 Å². The Bertz CT molecular complexity index is 201. The molecular formula is C12H26N2O2. The summed E-state index contributed by atoms with van der Waals surface area (Å²) < 4.78 is 11.2.